The summed E-state index contributed by atoms with van der Waals surface area (Å²) >= 11 is 0. The molecular formula is C22H23N3O5. The summed E-state index contributed by atoms with van der Waals surface area (Å²) in [7, 11) is 0. The van der Waals surface area contributed by atoms with Crippen molar-refractivity contribution < 1.29 is 19.1 Å². The van der Waals surface area contributed by atoms with Crippen LogP contribution in [0.2, 0.25) is 0 Å². The molecule has 0 aromatic carbocycles. The van der Waals surface area contributed by atoms with Gasteiger partial charge in [-0.05, 0) is 52.3 Å². The third kappa shape index (κ3) is 3.68. The number of fused-ring (bicyclic) bond motifs is 1. The Morgan fingerprint density at radius 3 is 2.47 bits per heavy atom. The average molecular weight is 409 g/mol. The Hall–Kier alpha value is -3.55. The van der Waals surface area contributed by atoms with Gasteiger partial charge in [-0.2, -0.15) is 0 Å². The third-order valence-electron chi connectivity index (χ3n) is 5.02. The van der Waals surface area contributed by atoms with E-state index in [4.69, 9.17) is 4.74 Å². The predicted octanol–water partition coefficient (Wildman–Crippen LogP) is 2.91. The summed E-state index contributed by atoms with van der Waals surface area (Å²) in [4.78, 5) is 56.9. The molecule has 0 spiro atoms. The highest BCUT2D eigenvalue weighted by atomic mass is 16.5. The van der Waals surface area contributed by atoms with E-state index in [9.17, 15) is 19.2 Å². The smallest absolute Gasteiger partial charge is 0.344 e. The molecule has 0 saturated heterocycles. The quantitative estimate of drug-likeness (QED) is 0.495. The largest absolute Gasteiger partial charge is 0.453 e. The molecule has 0 aliphatic rings. The first-order chi connectivity index (χ1) is 14.1. The van der Waals surface area contributed by atoms with E-state index in [0.717, 1.165) is 5.69 Å². The molecule has 3 heterocycles. The molecule has 0 amide bonds. The van der Waals surface area contributed by atoms with Crippen LogP contribution in [0.3, 0.4) is 0 Å². The molecule has 156 valence electrons. The zero-order chi connectivity index (χ0) is 22.2. The van der Waals surface area contributed by atoms with E-state index >= 15 is 0 Å². The van der Waals surface area contributed by atoms with Gasteiger partial charge in [-0.1, -0.05) is 0 Å². The highest BCUT2D eigenvalue weighted by molar-refractivity contribution is 6.04. The molecule has 0 aliphatic carbocycles. The number of nitrogens with one attached hydrogen (secondary N) is 1. The summed E-state index contributed by atoms with van der Waals surface area (Å²) in [6.07, 6.45) is 1.40. The Morgan fingerprint density at radius 1 is 1.17 bits per heavy atom. The molecular weight excluding hydrogens is 386 g/mol. The third-order valence-corrected chi connectivity index (χ3v) is 5.02. The number of aromatic amines is 1. The number of hydrogen-bond acceptors (Lipinski definition) is 6. The van der Waals surface area contributed by atoms with Crippen LogP contribution in [0, 0.1) is 20.8 Å². The maximum Gasteiger partial charge on any atom is 0.344 e. The van der Waals surface area contributed by atoms with Crippen molar-refractivity contribution in [3.8, 4) is 0 Å². The van der Waals surface area contributed by atoms with Crippen LogP contribution in [0.4, 0.5) is 0 Å². The first-order valence-electron chi connectivity index (χ1n) is 9.56. The molecule has 0 radical (unpaired) electrons. The second-order valence-corrected chi connectivity index (χ2v) is 7.16. The van der Waals surface area contributed by atoms with Gasteiger partial charge >= 0.3 is 5.97 Å². The van der Waals surface area contributed by atoms with E-state index in [1.54, 1.807) is 30.5 Å². The summed E-state index contributed by atoms with van der Waals surface area (Å²) in [5.74, 6) is -1.52. The van der Waals surface area contributed by atoms with Gasteiger partial charge in [-0.3, -0.25) is 14.4 Å². The summed E-state index contributed by atoms with van der Waals surface area (Å²) in [5.41, 5.74) is 2.36. The van der Waals surface area contributed by atoms with Gasteiger partial charge in [-0.15, -0.1) is 0 Å². The molecule has 0 aliphatic heterocycles. The minimum absolute atomic E-state index is 0.155. The number of ether oxygens (including phenoxy) is 1. The maximum atomic E-state index is 12.8. The van der Waals surface area contributed by atoms with Crippen molar-refractivity contribution in [2.75, 3.05) is 6.61 Å². The van der Waals surface area contributed by atoms with Crippen molar-refractivity contribution in [1.29, 1.82) is 0 Å². The fourth-order valence-electron chi connectivity index (χ4n) is 3.58. The van der Waals surface area contributed by atoms with Crippen molar-refractivity contribution in [2.45, 2.75) is 41.2 Å². The van der Waals surface area contributed by atoms with Crippen molar-refractivity contribution in [3.05, 3.63) is 62.3 Å². The second-order valence-electron chi connectivity index (χ2n) is 7.16. The molecule has 3 rings (SSSR count). The molecule has 8 heteroatoms. The lowest BCUT2D eigenvalue weighted by molar-refractivity contribution is 0.0471. The number of aromatic nitrogens is 3. The van der Waals surface area contributed by atoms with E-state index in [1.807, 2.05) is 13.8 Å². The normalized spacial score (nSPS) is 11.0. The average Bonchev–Trinajstić information content (AvgIpc) is 3.00. The number of ketones is 2. The van der Waals surface area contributed by atoms with Gasteiger partial charge in [0.1, 0.15) is 11.2 Å². The zero-order valence-electron chi connectivity index (χ0n) is 17.6. The lowest BCUT2D eigenvalue weighted by Crippen LogP contribution is -2.23. The Morgan fingerprint density at radius 2 is 1.87 bits per heavy atom. The van der Waals surface area contributed by atoms with Gasteiger partial charge in [0.15, 0.2) is 12.4 Å². The second kappa shape index (κ2) is 8.06. The SMILES string of the molecule is CCn1cc(C(=O)OCC(=O)c2[nH]c(C)c(C(C)=O)c2C)c(=O)c2ccc(C)nc21. The van der Waals surface area contributed by atoms with Crippen molar-refractivity contribution in [1.82, 2.24) is 14.5 Å². The van der Waals surface area contributed by atoms with Crippen LogP contribution in [-0.4, -0.2) is 38.7 Å². The molecule has 1 N–H and O–H groups in total. The number of carbonyl (C=O) groups excluding carboxylic acids is 3. The molecule has 0 saturated carbocycles. The number of pyridine rings is 2. The summed E-state index contributed by atoms with van der Waals surface area (Å²) in [5, 5.41) is 0.310. The zero-order valence-corrected chi connectivity index (χ0v) is 17.6. The minimum Gasteiger partial charge on any atom is -0.453 e. The molecule has 0 bridgehead atoms. The number of aryl methyl sites for hydroxylation is 3. The molecule has 30 heavy (non-hydrogen) atoms. The molecule has 3 aromatic rings. The standard InChI is InChI=1S/C22H23N3O5/c1-6-25-9-16(20(28)15-8-7-11(2)23-21(15)25)22(29)30-10-17(27)19-12(3)18(14(5)26)13(4)24-19/h7-9,24H,6,10H2,1-5H3. The van der Waals surface area contributed by atoms with Crippen LogP contribution in [0.1, 0.15) is 62.0 Å². The first-order valence-corrected chi connectivity index (χ1v) is 9.56. The van der Waals surface area contributed by atoms with E-state index in [-0.39, 0.29) is 17.0 Å². The number of rotatable bonds is 6. The fraction of sp³-hybridized carbons (Fsp3) is 0.318. The Bertz CT molecular complexity index is 1250. The number of Topliss-reactive ketones (excluding diaryl/α,β-unsaturated/α-hetero) is 2. The Balaban J connectivity index is 1.88. The number of H-pyrrole nitrogens is 1. The number of hydrogen-bond donors (Lipinski definition) is 1. The van der Waals surface area contributed by atoms with Gasteiger partial charge in [0, 0.05) is 29.7 Å². The van der Waals surface area contributed by atoms with Crippen LogP contribution < -0.4 is 5.43 Å². The Labute approximate surface area is 172 Å². The molecule has 0 atom stereocenters. The number of esters is 1. The predicted molar refractivity (Wildman–Crippen MR) is 111 cm³/mol. The molecule has 8 nitrogen and oxygen atoms in total. The minimum atomic E-state index is -0.884. The van der Waals surface area contributed by atoms with Crippen LogP contribution in [0.15, 0.2) is 23.1 Å². The highest BCUT2D eigenvalue weighted by Crippen LogP contribution is 2.19. The summed E-state index contributed by atoms with van der Waals surface area (Å²) in [6.45, 7) is 8.42. The maximum absolute atomic E-state index is 12.8. The van der Waals surface area contributed by atoms with Crippen molar-refractivity contribution in [3.63, 3.8) is 0 Å². The highest BCUT2D eigenvalue weighted by Gasteiger charge is 2.22. The topological polar surface area (TPSA) is 111 Å². The fourth-order valence-corrected chi connectivity index (χ4v) is 3.58. The monoisotopic (exact) mass is 409 g/mol. The van der Waals surface area contributed by atoms with E-state index in [2.05, 4.69) is 9.97 Å². The number of carbonyl (C=O) groups is 3. The van der Waals surface area contributed by atoms with Crippen molar-refractivity contribution in [2.24, 2.45) is 0 Å². The molecule has 0 unspecified atom stereocenters. The van der Waals surface area contributed by atoms with Crippen LogP contribution >= 0.6 is 0 Å². The first kappa shape index (κ1) is 21.2. The van der Waals surface area contributed by atoms with Crippen LogP contribution in [-0.2, 0) is 11.3 Å². The lowest BCUT2D eigenvalue weighted by atomic mass is 10.1. The number of nitrogens with zero attached hydrogens (tertiary/aromatic N) is 2. The van der Waals surface area contributed by atoms with Gasteiger partial charge in [0.2, 0.25) is 11.2 Å². The van der Waals surface area contributed by atoms with E-state index in [0.29, 0.717) is 34.4 Å². The van der Waals surface area contributed by atoms with Gasteiger partial charge < -0.3 is 14.3 Å². The van der Waals surface area contributed by atoms with Gasteiger partial charge in [0.25, 0.3) is 0 Å². The van der Waals surface area contributed by atoms with Crippen LogP contribution in [0.25, 0.3) is 11.0 Å². The molecule has 3 aromatic heterocycles. The van der Waals surface area contributed by atoms with Crippen molar-refractivity contribution >= 4 is 28.6 Å². The summed E-state index contributed by atoms with van der Waals surface area (Å²) < 4.78 is 6.83. The molecule has 0 fully saturated rings. The van der Waals surface area contributed by atoms with E-state index in [1.165, 1.54) is 13.1 Å². The summed E-state index contributed by atoms with van der Waals surface area (Å²) in [6, 6.07) is 3.33. The Kier molecular flexibility index (Phi) is 5.69. The van der Waals surface area contributed by atoms with Crippen LogP contribution in [0.5, 0.6) is 0 Å². The van der Waals surface area contributed by atoms with E-state index < -0.39 is 23.8 Å². The lowest BCUT2D eigenvalue weighted by Gasteiger charge is -2.11. The van der Waals surface area contributed by atoms with Gasteiger partial charge in [-0.25, -0.2) is 9.78 Å². The van der Waals surface area contributed by atoms with Gasteiger partial charge in [0.05, 0.1) is 11.1 Å².